The average molecular weight is 432 g/mol. The monoisotopic (exact) mass is 431 g/mol. The molecule has 3 aromatic rings. The number of carbonyl (C=O) groups is 1. The first-order valence-corrected chi connectivity index (χ1v) is 10.1. The number of amides is 1. The van der Waals surface area contributed by atoms with Crippen molar-refractivity contribution in [1.82, 2.24) is 14.8 Å². The highest BCUT2D eigenvalue weighted by Crippen LogP contribution is 2.29. The Balaban J connectivity index is 1.70. The number of aromatic nitrogens is 3. The number of benzene rings is 2. The molecule has 8 nitrogen and oxygen atoms in total. The van der Waals surface area contributed by atoms with E-state index >= 15 is 0 Å². The molecule has 0 saturated heterocycles. The van der Waals surface area contributed by atoms with Gasteiger partial charge >= 0.3 is 0 Å². The third-order valence-electron chi connectivity index (χ3n) is 4.17. The molecule has 1 aromatic heterocycles. The Morgan fingerprint density at radius 3 is 2.72 bits per heavy atom. The van der Waals surface area contributed by atoms with E-state index in [4.69, 9.17) is 11.6 Å². The summed E-state index contributed by atoms with van der Waals surface area (Å²) in [5.41, 5.74) is 1.64. The summed E-state index contributed by atoms with van der Waals surface area (Å²) in [6.45, 7) is 4.22. The highest BCUT2D eigenvalue weighted by Gasteiger charge is 2.17. The molecule has 1 heterocycles. The fourth-order valence-corrected chi connectivity index (χ4v) is 3.76. The number of hydrogen-bond acceptors (Lipinski definition) is 6. The lowest BCUT2D eigenvalue weighted by atomic mass is 10.2. The van der Waals surface area contributed by atoms with Crippen molar-refractivity contribution in [2.75, 3.05) is 11.1 Å². The zero-order chi connectivity index (χ0) is 21.0. The van der Waals surface area contributed by atoms with E-state index in [2.05, 4.69) is 15.5 Å². The number of rotatable bonds is 7. The molecule has 0 aliphatic rings. The van der Waals surface area contributed by atoms with Crippen molar-refractivity contribution in [3.8, 4) is 11.4 Å². The highest BCUT2D eigenvalue weighted by molar-refractivity contribution is 7.99. The van der Waals surface area contributed by atoms with Gasteiger partial charge in [-0.05, 0) is 32.0 Å². The fraction of sp³-hybridized carbons (Fsp3) is 0.211. The van der Waals surface area contributed by atoms with E-state index < -0.39 is 4.92 Å². The van der Waals surface area contributed by atoms with E-state index in [9.17, 15) is 14.9 Å². The van der Waals surface area contributed by atoms with Crippen molar-refractivity contribution >= 4 is 40.6 Å². The lowest BCUT2D eigenvalue weighted by Crippen LogP contribution is -2.15. The molecule has 0 atom stereocenters. The van der Waals surface area contributed by atoms with Crippen LogP contribution in [0, 0.1) is 17.0 Å². The molecule has 2 aromatic carbocycles. The van der Waals surface area contributed by atoms with Crippen molar-refractivity contribution in [2.24, 2.45) is 0 Å². The van der Waals surface area contributed by atoms with Gasteiger partial charge in [0.15, 0.2) is 11.0 Å². The zero-order valence-electron chi connectivity index (χ0n) is 15.8. The van der Waals surface area contributed by atoms with Gasteiger partial charge in [-0.15, -0.1) is 10.2 Å². The molecule has 3 rings (SSSR count). The third-order valence-corrected chi connectivity index (χ3v) is 5.47. The molecule has 0 bridgehead atoms. The van der Waals surface area contributed by atoms with Crippen LogP contribution < -0.4 is 5.32 Å². The number of carbonyl (C=O) groups excluding carboxylic acids is 1. The van der Waals surface area contributed by atoms with Crippen LogP contribution in [0.25, 0.3) is 11.4 Å². The predicted molar refractivity (Wildman–Crippen MR) is 113 cm³/mol. The Morgan fingerprint density at radius 2 is 2.03 bits per heavy atom. The SMILES string of the molecule is CCn1c(SCC(=O)Nc2ccc(C)c([N+](=O)[O-])c2)nnc1-c1ccccc1Cl. The first-order valence-electron chi connectivity index (χ1n) is 8.76. The summed E-state index contributed by atoms with van der Waals surface area (Å²) in [5, 5.41) is 23.3. The number of nitrogens with zero attached hydrogens (tertiary/aromatic N) is 4. The normalized spacial score (nSPS) is 10.7. The first kappa shape index (κ1) is 20.8. The van der Waals surface area contributed by atoms with Crippen LogP contribution in [-0.2, 0) is 11.3 Å². The summed E-state index contributed by atoms with van der Waals surface area (Å²) in [4.78, 5) is 22.9. The van der Waals surface area contributed by atoms with Gasteiger partial charge in [0.05, 0.1) is 15.7 Å². The topological polar surface area (TPSA) is 103 Å². The Kier molecular flexibility index (Phi) is 6.50. The van der Waals surface area contributed by atoms with Crippen LogP contribution in [0.1, 0.15) is 12.5 Å². The van der Waals surface area contributed by atoms with Gasteiger partial charge in [-0.3, -0.25) is 14.9 Å². The summed E-state index contributed by atoms with van der Waals surface area (Å²) in [6.07, 6.45) is 0. The molecule has 10 heteroatoms. The third kappa shape index (κ3) is 4.75. The summed E-state index contributed by atoms with van der Waals surface area (Å²) < 4.78 is 1.88. The molecule has 0 unspecified atom stereocenters. The van der Waals surface area contributed by atoms with Crippen molar-refractivity contribution in [1.29, 1.82) is 0 Å². The number of anilines is 1. The summed E-state index contributed by atoms with van der Waals surface area (Å²) in [7, 11) is 0. The second kappa shape index (κ2) is 9.06. The van der Waals surface area contributed by atoms with Gasteiger partial charge in [-0.1, -0.05) is 41.6 Å². The lowest BCUT2D eigenvalue weighted by Gasteiger charge is -2.09. The lowest BCUT2D eigenvalue weighted by molar-refractivity contribution is -0.385. The quantitative estimate of drug-likeness (QED) is 0.334. The number of halogens is 1. The molecule has 0 saturated carbocycles. The van der Waals surface area contributed by atoms with E-state index in [1.54, 1.807) is 25.1 Å². The van der Waals surface area contributed by atoms with Crippen LogP contribution in [0.3, 0.4) is 0 Å². The van der Waals surface area contributed by atoms with E-state index in [0.29, 0.717) is 33.8 Å². The number of nitrogens with one attached hydrogen (secondary N) is 1. The van der Waals surface area contributed by atoms with E-state index in [1.165, 1.54) is 17.8 Å². The van der Waals surface area contributed by atoms with Crippen LogP contribution in [0.4, 0.5) is 11.4 Å². The number of nitro groups is 1. The highest BCUT2D eigenvalue weighted by atomic mass is 35.5. The van der Waals surface area contributed by atoms with Crippen LogP contribution in [-0.4, -0.2) is 31.3 Å². The van der Waals surface area contributed by atoms with Crippen molar-refractivity contribution in [3.63, 3.8) is 0 Å². The van der Waals surface area contributed by atoms with Gasteiger partial charge in [0.2, 0.25) is 5.91 Å². The largest absolute Gasteiger partial charge is 0.325 e. The Hall–Kier alpha value is -2.91. The molecular formula is C19H18ClN5O3S. The molecule has 0 spiro atoms. The summed E-state index contributed by atoms with van der Waals surface area (Å²) >= 11 is 7.50. The van der Waals surface area contributed by atoms with Gasteiger partial charge in [-0.25, -0.2) is 0 Å². The number of thioether (sulfide) groups is 1. The fourth-order valence-electron chi connectivity index (χ4n) is 2.73. The second-order valence-electron chi connectivity index (χ2n) is 6.13. The molecule has 0 aliphatic carbocycles. The molecular weight excluding hydrogens is 414 g/mol. The average Bonchev–Trinajstić information content (AvgIpc) is 3.10. The maximum Gasteiger partial charge on any atom is 0.274 e. The Bertz CT molecular complexity index is 1070. The van der Waals surface area contributed by atoms with Crippen molar-refractivity contribution in [2.45, 2.75) is 25.5 Å². The Morgan fingerprint density at radius 1 is 1.28 bits per heavy atom. The number of nitro benzene ring substituents is 1. The summed E-state index contributed by atoms with van der Waals surface area (Å²) in [5.74, 6) is 0.427. The minimum absolute atomic E-state index is 0.0365. The number of aryl methyl sites for hydroxylation is 1. The standard InChI is InChI=1S/C19H18ClN5O3S/c1-3-24-18(14-6-4-5-7-15(14)20)22-23-19(24)29-11-17(26)21-13-9-8-12(2)16(10-13)25(27)28/h4-10H,3,11H2,1-2H3,(H,21,26). The maximum atomic E-state index is 12.3. The van der Waals surface area contributed by atoms with Gasteiger partial charge < -0.3 is 9.88 Å². The molecule has 0 fully saturated rings. The van der Waals surface area contributed by atoms with E-state index in [0.717, 1.165) is 5.56 Å². The molecule has 29 heavy (non-hydrogen) atoms. The Labute approximate surface area is 176 Å². The smallest absolute Gasteiger partial charge is 0.274 e. The van der Waals surface area contributed by atoms with Crippen molar-refractivity contribution < 1.29 is 9.72 Å². The maximum absolute atomic E-state index is 12.3. The van der Waals surface area contributed by atoms with E-state index in [-0.39, 0.29) is 17.3 Å². The predicted octanol–water partition coefficient (Wildman–Crippen LogP) is 4.57. The molecule has 1 N–H and O–H groups in total. The van der Waals surface area contributed by atoms with Gasteiger partial charge in [-0.2, -0.15) is 0 Å². The van der Waals surface area contributed by atoms with Crippen LogP contribution >= 0.6 is 23.4 Å². The van der Waals surface area contributed by atoms with Crippen LogP contribution in [0.5, 0.6) is 0 Å². The molecule has 0 aliphatic heterocycles. The van der Waals surface area contributed by atoms with E-state index in [1.807, 2.05) is 29.7 Å². The minimum Gasteiger partial charge on any atom is -0.325 e. The second-order valence-corrected chi connectivity index (χ2v) is 7.48. The van der Waals surface area contributed by atoms with Crippen LogP contribution in [0.2, 0.25) is 5.02 Å². The molecule has 1 amide bonds. The molecule has 150 valence electrons. The summed E-state index contributed by atoms with van der Waals surface area (Å²) in [6, 6.07) is 11.9. The van der Waals surface area contributed by atoms with Gasteiger partial charge in [0.1, 0.15) is 0 Å². The zero-order valence-corrected chi connectivity index (χ0v) is 17.3. The van der Waals surface area contributed by atoms with Gasteiger partial charge in [0, 0.05) is 29.4 Å². The van der Waals surface area contributed by atoms with Crippen molar-refractivity contribution in [3.05, 3.63) is 63.2 Å². The van der Waals surface area contributed by atoms with Crippen LogP contribution in [0.15, 0.2) is 47.6 Å². The first-order chi connectivity index (χ1) is 13.9. The minimum atomic E-state index is -0.473. The number of hydrogen-bond donors (Lipinski definition) is 1. The molecule has 0 radical (unpaired) electrons. The van der Waals surface area contributed by atoms with Gasteiger partial charge in [0.25, 0.3) is 5.69 Å².